The van der Waals surface area contributed by atoms with Gasteiger partial charge in [-0.05, 0) is 49.4 Å². The number of halogens is 6. The maximum absolute atomic E-state index is 13.6. The maximum Gasteiger partial charge on any atom is 0.411 e. The third-order valence-electron chi connectivity index (χ3n) is 5.93. The molecule has 10 heteroatoms. The van der Waals surface area contributed by atoms with Crippen LogP contribution >= 0.6 is 0 Å². The fourth-order valence-corrected chi connectivity index (χ4v) is 4.81. The van der Waals surface area contributed by atoms with Gasteiger partial charge >= 0.3 is 23.7 Å². The summed E-state index contributed by atoms with van der Waals surface area (Å²) in [5, 5.41) is 10.1. The van der Waals surface area contributed by atoms with E-state index in [0.29, 0.717) is 12.3 Å². The Balaban J connectivity index is 1.73. The molecule has 0 aliphatic heterocycles. The number of alkyl halides is 6. The Labute approximate surface area is 138 Å². The summed E-state index contributed by atoms with van der Waals surface area (Å²) in [5.41, 5.74) is 0. The summed E-state index contributed by atoms with van der Waals surface area (Å²) >= 11 is 0. The summed E-state index contributed by atoms with van der Waals surface area (Å²) in [6.07, 6.45) is 2.60. The number of hydrogen-bond acceptors (Lipinski definition) is 4. The van der Waals surface area contributed by atoms with Gasteiger partial charge < -0.3 is 14.6 Å². The SMILES string of the molecule is O=C([O-])C(F)(F)C(F)(F)C(F)(F)C(=O)OC1CC2CC1C1CCCC21. The van der Waals surface area contributed by atoms with E-state index in [1.165, 1.54) is 0 Å². The molecule has 25 heavy (non-hydrogen) atoms. The summed E-state index contributed by atoms with van der Waals surface area (Å²) < 4.78 is 84.2. The predicted octanol–water partition coefficient (Wildman–Crippen LogP) is 2.01. The molecule has 3 aliphatic carbocycles. The molecular formula is C15H15F6O4-. The molecule has 0 N–H and O–H groups in total. The number of carbonyl (C=O) groups is 2. The molecule has 3 rings (SSSR count). The van der Waals surface area contributed by atoms with Crippen molar-refractivity contribution in [3.63, 3.8) is 0 Å². The minimum Gasteiger partial charge on any atom is -0.544 e. The van der Waals surface area contributed by atoms with E-state index in [9.17, 15) is 41.0 Å². The monoisotopic (exact) mass is 373 g/mol. The van der Waals surface area contributed by atoms with Gasteiger partial charge in [-0.15, -0.1) is 0 Å². The van der Waals surface area contributed by atoms with Crippen molar-refractivity contribution in [3.8, 4) is 0 Å². The van der Waals surface area contributed by atoms with Crippen LogP contribution in [-0.4, -0.2) is 35.8 Å². The smallest absolute Gasteiger partial charge is 0.411 e. The zero-order chi connectivity index (χ0) is 18.8. The van der Waals surface area contributed by atoms with E-state index in [4.69, 9.17) is 0 Å². The molecule has 5 unspecified atom stereocenters. The van der Waals surface area contributed by atoms with Crippen LogP contribution in [0.25, 0.3) is 0 Å². The van der Waals surface area contributed by atoms with Crippen LogP contribution in [0, 0.1) is 23.7 Å². The standard InChI is InChI=1S/C15H16F6O4/c16-13(17,11(22)23)15(20,21)14(18,19)12(24)25-10-5-6-4-9(10)8-3-1-2-7(6)8/h6-10H,1-5H2,(H,22,23)/p-1. The van der Waals surface area contributed by atoms with Crippen LogP contribution in [0.2, 0.25) is 0 Å². The third-order valence-corrected chi connectivity index (χ3v) is 5.93. The number of carboxylic acid groups (broad SMARTS) is 1. The Hall–Kier alpha value is -1.48. The van der Waals surface area contributed by atoms with Gasteiger partial charge in [0.25, 0.3) is 0 Å². The predicted molar refractivity (Wildman–Crippen MR) is 66.8 cm³/mol. The van der Waals surface area contributed by atoms with Gasteiger partial charge in [0.05, 0.1) is 0 Å². The van der Waals surface area contributed by atoms with Crippen molar-refractivity contribution in [2.75, 3.05) is 0 Å². The average Bonchev–Trinajstić information content (AvgIpc) is 3.18. The summed E-state index contributed by atoms with van der Waals surface area (Å²) in [7, 11) is 0. The molecule has 142 valence electrons. The first-order valence-corrected chi connectivity index (χ1v) is 7.97. The molecule has 0 radical (unpaired) electrons. The summed E-state index contributed by atoms with van der Waals surface area (Å²) in [5.74, 6) is -24.7. The Morgan fingerprint density at radius 3 is 2.08 bits per heavy atom. The van der Waals surface area contributed by atoms with Crippen LogP contribution in [-0.2, 0) is 14.3 Å². The minimum absolute atomic E-state index is 0.147. The van der Waals surface area contributed by atoms with Gasteiger partial charge in [-0.3, -0.25) is 0 Å². The second-order valence-electron chi connectivity index (χ2n) is 7.11. The molecule has 0 aromatic heterocycles. The summed E-state index contributed by atoms with van der Waals surface area (Å²) in [4.78, 5) is 21.6. The zero-order valence-corrected chi connectivity index (χ0v) is 12.8. The van der Waals surface area contributed by atoms with Crippen molar-refractivity contribution < 1.29 is 45.8 Å². The molecule has 5 atom stereocenters. The fraction of sp³-hybridized carbons (Fsp3) is 0.867. The van der Waals surface area contributed by atoms with Gasteiger partial charge in [0.15, 0.2) is 0 Å². The number of aliphatic carboxylic acids is 1. The first kappa shape index (κ1) is 18.3. The molecular weight excluding hydrogens is 358 g/mol. The van der Waals surface area contributed by atoms with Crippen molar-refractivity contribution in [1.82, 2.24) is 0 Å². The molecule has 3 fully saturated rings. The number of carboxylic acids is 1. The normalized spacial score (nSPS) is 34.9. The van der Waals surface area contributed by atoms with Gasteiger partial charge in [0.1, 0.15) is 12.1 Å². The number of ether oxygens (including phenoxy) is 1. The fourth-order valence-electron chi connectivity index (χ4n) is 4.81. The number of carbonyl (C=O) groups excluding carboxylic acids is 2. The number of rotatable bonds is 5. The van der Waals surface area contributed by atoms with Gasteiger partial charge in [-0.1, -0.05) is 6.42 Å². The molecule has 0 aromatic carbocycles. The van der Waals surface area contributed by atoms with E-state index in [1.807, 2.05) is 0 Å². The van der Waals surface area contributed by atoms with Crippen LogP contribution < -0.4 is 5.11 Å². The van der Waals surface area contributed by atoms with Crippen molar-refractivity contribution in [2.24, 2.45) is 23.7 Å². The van der Waals surface area contributed by atoms with E-state index in [2.05, 4.69) is 4.74 Å². The first-order valence-electron chi connectivity index (χ1n) is 7.97. The van der Waals surface area contributed by atoms with Crippen LogP contribution in [0.15, 0.2) is 0 Å². The van der Waals surface area contributed by atoms with Gasteiger partial charge in [-0.25, -0.2) is 4.79 Å². The molecule has 0 aromatic rings. The largest absolute Gasteiger partial charge is 0.544 e. The van der Waals surface area contributed by atoms with E-state index >= 15 is 0 Å². The Morgan fingerprint density at radius 1 is 0.880 bits per heavy atom. The minimum atomic E-state index is -6.47. The van der Waals surface area contributed by atoms with Crippen LogP contribution in [0.5, 0.6) is 0 Å². The van der Waals surface area contributed by atoms with Gasteiger partial charge in [0.2, 0.25) is 0 Å². The topological polar surface area (TPSA) is 66.4 Å². The number of fused-ring (bicyclic) bond motifs is 5. The molecule has 4 nitrogen and oxygen atoms in total. The van der Waals surface area contributed by atoms with Crippen LogP contribution in [0.3, 0.4) is 0 Å². The molecule has 0 saturated heterocycles. The van der Waals surface area contributed by atoms with Crippen LogP contribution in [0.4, 0.5) is 26.3 Å². The lowest BCUT2D eigenvalue weighted by Crippen LogP contribution is -2.64. The molecule has 0 amide bonds. The van der Waals surface area contributed by atoms with Crippen molar-refractivity contribution in [2.45, 2.75) is 56.0 Å². The Kier molecular flexibility index (Phi) is 4.03. The van der Waals surface area contributed by atoms with E-state index in [-0.39, 0.29) is 24.2 Å². The van der Waals surface area contributed by atoms with Crippen molar-refractivity contribution in [3.05, 3.63) is 0 Å². The summed E-state index contributed by atoms with van der Waals surface area (Å²) in [6, 6.07) is 0. The zero-order valence-electron chi connectivity index (χ0n) is 12.8. The molecule has 0 spiro atoms. The van der Waals surface area contributed by atoms with Crippen LogP contribution in [0.1, 0.15) is 32.1 Å². The highest BCUT2D eigenvalue weighted by molar-refractivity contribution is 5.83. The quantitative estimate of drug-likeness (QED) is 0.546. The van der Waals surface area contributed by atoms with E-state index in [1.54, 1.807) is 0 Å². The van der Waals surface area contributed by atoms with Crippen molar-refractivity contribution in [1.29, 1.82) is 0 Å². The lowest BCUT2D eigenvalue weighted by molar-refractivity contribution is -0.366. The Bertz CT molecular complexity index is 593. The number of esters is 1. The second kappa shape index (κ2) is 5.51. The van der Waals surface area contributed by atoms with Gasteiger partial charge in [-0.2, -0.15) is 26.3 Å². The maximum atomic E-state index is 13.6. The molecule has 3 saturated carbocycles. The lowest BCUT2D eigenvalue weighted by Gasteiger charge is -2.35. The van der Waals surface area contributed by atoms with E-state index < -0.39 is 35.8 Å². The highest BCUT2D eigenvalue weighted by atomic mass is 19.3. The number of hydrogen-bond donors (Lipinski definition) is 0. The first-order chi connectivity index (χ1) is 11.4. The molecule has 2 bridgehead atoms. The Morgan fingerprint density at radius 2 is 1.48 bits per heavy atom. The molecule has 3 aliphatic rings. The highest BCUT2D eigenvalue weighted by Crippen LogP contribution is 2.59. The van der Waals surface area contributed by atoms with E-state index in [0.717, 1.165) is 19.3 Å². The molecule has 0 heterocycles. The second-order valence-corrected chi connectivity index (χ2v) is 7.11. The third kappa shape index (κ3) is 2.43. The van der Waals surface area contributed by atoms with Gasteiger partial charge in [0, 0.05) is 0 Å². The van der Waals surface area contributed by atoms with Crippen molar-refractivity contribution >= 4 is 11.9 Å². The average molecular weight is 373 g/mol. The summed E-state index contributed by atoms with van der Waals surface area (Å²) in [6.45, 7) is 0. The highest BCUT2D eigenvalue weighted by Gasteiger charge is 2.77. The lowest BCUT2D eigenvalue weighted by atomic mass is 9.80.